The van der Waals surface area contributed by atoms with Crippen LogP contribution in [-0.2, 0) is 11.2 Å². The van der Waals surface area contributed by atoms with E-state index >= 15 is 0 Å². The first-order chi connectivity index (χ1) is 9.51. The fraction of sp³-hybridized carbons (Fsp3) is 0.429. The van der Waals surface area contributed by atoms with Gasteiger partial charge in [0, 0.05) is 13.1 Å². The predicted molar refractivity (Wildman–Crippen MR) is 74.4 cm³/mol. The Balaban J connectivity index is 2.00. The number of hydrogen-bond donors (Lipinski definition) is 3. The van der Waals surface area contributed by atoms with E-state index in [1.807, 2.05) is 12.1 Å². The fourth-order valence-corrected chi connectivity index (χ4v) is 2.23. The molecule has 3 amide bonds. The van der Waals surface area contributed by atoms with E-state index in [2.05, 4.69) is 10.6 Å². The summed E-state index contributed by atoms with van der Waals surface area (Å²) < 4.78 is 5.55. The third kappa shape index (κ3) is 3.08. The van der Waals surface area contributed by atoms with Gasteiger partial charge in [0.25, 0.3) is 5.91 Å². The topological polar surface area (TPSA) is 93.5 Å². The van der Waals surface area contributed by atoms with Crippen molar-refractivity contribution in [3.05, 3.63) is 29.3 Å². The molecule has 0 spiro atoms. The molecule has 0 fully saturated rings. The average Bonchev–Trinajstić information content (AvgIpc) is 2.79. The van der Waals surface area contributed by atoms with Gasteiger partial charge in [0.15, 0.2) is 6.10 Å². The minimum absolute atomic E-state index is 0.0908. The lowest BCUT2D eigenvalue weighted by molar-refractivity contribution is -0.126. The van der Waals surface area contributed by atoms with Crippen LogP contribution < -0.4 is 21.1 Å². The summed E-state index contributed by atoms with van der Waals surface area (Å²) in [5, 5.41) is 4.49. The van der Waals surface area contributed by atoms with Gasteiger partial charge in [-0.05, 0) is 43.0 Å². The minimum atomic E-state index is -0.750. The van der Waals surface area contributed by atoms with Crippen molar-refractivity contribution >= 4 is 11.9 Å². The van der Waals surface area contributed by atoms with Gasteiger partial charge in [0.1, 0.15) is 5.75 Å². The zero-order valence-corrected chi connectivity index (χ0v) is 11.6. The van der Waals surface area contributed by atoms with Crippen LogP contribution in [0.15, 0.2) is 18.2 Å². The number of amides is 3. The van der Waals surface area contributed by atoms with Crippen LogP contribution in [0.25, 0.3) is 0 Å². The van der Waals surface area contributed by atoms with Crippen LogP contribution >= 0.6 is 0 Å². The Morgan fingerprint density at radius 2 is 2.20 bits per heavy atom. The van der Waals surface area contributed by atoms with Crippen molar-refractivity contribution in [1.82, 2.24) is 10.6 Å². The van der Waals surface area contributed by atoms with Crippen LogP contribution in [-0.4, -0.2) is 25.1 Å². The first-order valence-corrected chi connectivity index (χ1v) is 6.59. The highest BCUT2D eigenvalue weighted by Crippen LogP contribution is 2.32. The first kappa shape index (κ1) is 14.3. The van der Waals surface area contributed by atoms with Gasteiger partial charge in [-0.3, -0.25) is 10.1 Å². The highest BCUT2D eigenvalue weighted by Gasteiger charge is 2.21. The molecule has 0 aromatic heterocycles. The van der Waals surface area contributed by atoms with E-state index in [1.165, 1.54) is 7.05 Å². The third-order valence-corrected chi connectivity index (χ3v) is 3.38. The molecule has 0 saturated carbocycles. The second-order valence-corrected chi connectivity index (χ2v) is 4.83. The van der Waals surface area contributed by atoms with Crippen LogP contribution in [0.2, 0.25) is 0 Å². The van der Waals surface area contributed by atoms with E-state index in [9.17, 15) is 9.59 Å². The number of carbonyl (C=O) groups excluding carboxylic acids is 2. The number of aryl methyl sites for hydroxylation is 1. The highest BCUT2D eigenvalue weighted by molar-refractivity contribution is 5.96. The molecule has 4 N–H and O–H groups in total. The number of benzene rings is 1. The van der Waals surface area contributed by atoms with Crippen molar-refractivity contribution < 1.29 is 14.3 Å². The Morgan fingerprint density at radius 3 is 2.90 bits per heavy atom. The maximum Gasteiger partial charge on any atom is 0.321 e. The smallest absolute Gasteiger partial charge is 0.321 e. The van der Waals surface area contributed by atoms with Crippen molar-refractivity contribution in [2.75, 3.05) is 7.05 Å². The summed E-state index contributed by atoms with van der Waals surface area (Å²) >= 11 is 0. The minimum Gasteiger partial charge on any atom is -0.481 e. The monoisotopic (exact) mass is 277 g/mol. The summed E-state index contributed by atoms with van der Waals surface area (Å²) in [6, 6.07) is 5.18. The first-order valence-electron chi connectivity index (χ1n) is 6.59. The Kier molecular flexibility index (Phi) is 4.24. The van der Waals surface area contributed by atoms with E-state index in [4.69, 9.17) is 10.5 Å². The van der Waals surface area contributed by atoms with E-state index in [0.717, 1.165) is 24.0 Å². The standard InChI is InChI=1S/C14H19N3O3/c1-8(13(18)17-14(19)16-2)20-10-4-5-11-9(7-10)3-6-12(11)15/h4-5,7-8,12H,3,6,15H2,1-2H3,(H2,16,17,18,19)/t8?,12-/m1/s1. The molecule has 1 aliphatic carbocycles. The average molecular weight is 277 g/mol. The number of carbonyl (C=O) groups is 2. The van der Waals surface area contributed by atoms with E-state index in [0.29, 0.717) is 5.75 Å². The van der Waals surface area contributed by atoms with Crippen LogP contribution in [0.3, 0.4) is 0 Å². The number of ether oxygens (including phenoxy) is 1. The van der Waals surface area contributed by atoms with Gasteiger partial charge >= 0.3 is 6.03 Å². The molecule has 108 valence electrons. The molecule has 6 heteroatoms. The highest BCUT2D eigenvalue weighted by atomic mass is 16.5. The Labute approximate surface area is 117 Å². The van der Waals surface area contributed by atoms with Crippen molar-refractivity contribution in [3.8, 4) is 5.75 Å². The quantitative estimate of drug-likeness (QED) is 0.763. The second kappa shape index (κ2) is 5.92. The van der Waals surface area contributed by atoms with Crippen LogP contribution in [0.5, 0.6) is 5.75 Å². The van der Waals surface area contributed by atoms with Crippen molar-refractivity contribution in [1.29, 1.82) is 0 Å². The fourth-order valence-electron chi connectivity index (χ4n) is 2.23. The molecular formula is C14H19N3O3. The van der Waals surface area contributed by atoms with Crippen molar-refractivity contribution in [2.45, 2.75) is 31.9 Å². The summed E-state index contributed by atoms with van der Waals surface area (Å²) in [6.45, 7) is 1.59. The molecule has 20 heavy (non-hydrogen) atoms. The summed E-state index contributed by atoms with van der Waals surface area (Å²) in [5.74, 6) is 0.124. The zero-order valence-electron chi connectivity index (χ0n) is 11.6. The zero-order chi connectivity index (χ0) is 14.7. The molecule has 0 bridgehead atoms. The summed E-state index contributed by atoms with van der Waals surface area (Å²) in [6.07, 6.45) is 1.11. The van der Waals surface area contributed by atoms with Crippen molar-refractivity contribution in [2.24, 2.45) is 5.73 Å². The lowest BCUT2D eigenvalue weighted by Crippen LogP contribution is -2.43. The Morgan fingerprint density at radius 1 is 1.45 bits per heavy atom. The predicted octanol–water partition coefficient (Wildman–Crippen LogP) is 0.855. The number of nitrogens with two attached hydrogens (primary N) is 1. The molecule has 2 rings (SSSR count). The van der Waals surface area contributed by atoms with Crippen LogP contribution in [0.1, 0.15) is 30.5 Å². The SMILES string of the molecule is CNC(=O)NC(=O)C(C)Oc1ccc2c(c1)CC[C@H]2N. The molecule has 6 nitrogen and oxygen atoms in total. The number of fused-ring (bicyclic) bond motifs is 1. The molecule has 0 aliphatic heterocycles. The summed E-state index contributed by atoms with van der Waals surface area (Å²) in [5.41, 5.74) is 8.27. The normalized spacial score (nSPS) is 18.1. The number of nitrogens with one attached hydrogen (secondary N) is 2. The largest absolute Gasteiger partial charge is 0.481 e. The molecule has 1 unspecified atom stereocenters. The van der Waals surface area contributed by atoms with Gasteiger partial charge in [-0.2, -0.15) is 0 Å². The van der Waals surface area contributed by atoms with Gasteiger partial charge in [0.2, 0.25) is 0 Å². The third-order valence-electron chi connectivity index (χ3n) is 3.38. The molecule has 1 aromatic carbocycles. The van der Waals surface area contributed by atoms with Gasteiger partial charge < -0.3 is 15.8 Å². The van der Waals surface area contributed by atoms with E-state index in [1.54, 1.807) is 13.0 Å². The molecule has 1 aromatic rings. The molecular weight excluding hydrogens is 258 g/mol. The van der Waals surface area contributed by atoms with Gasteiger partial charge in [-0.25, -0.2) is 4.79 Å². The summed E-state index contributed by atoms with van der Waals surface area (Å²) in [7, 11) is 1.44. The lowest BCUT2D eigenvalue weighted by Gasteiger charge is -2.15. The molecule has 0 saturated heterocycles. The van der Waals surface area contributed by atoms with Gasteiger partial charge in [0.05, 0.1) is 0 Å². The Bertz CT molecular complexity index is 530. The lowest BCUT2D eigenvalue weighted by atomic mass is 10.1. The van der Waals surface area contributed by atoms with Crippen LogP contribution in [0.4, 0.5) is 4.79 Å². The number of rotatable bonds is 3. The number of urea groups is 1. The maximum atomic E-state index is 11.7. The Hall–Kier alpha value is -2.08. The number of hydrogen-bond acceptors (Lipinski definition) is 4. The molecule has 0 heterocycles. The van der Waals surface area contributed by atoms with E-state index < -0.39 is 18.0 Å². The summed E-state index contributed by atoms with van der Waals surface area (Å²) in [4.78, 5) is 22.7. The van der Waals surface area contributed by atoms with Gasteiger partial charge in [-0.1, -0.05) is 6.07 Å². The van der Waals surface area contributed by atoms with Crippen molar-refractivity contribution in [3.63, 3.8) is 0 Å². The molecule has 1 aliphatic rings. The maximum absolute atomic E-state index is 11.7. The molecule has 2 atom stereocenters. The number of imide groups is 1. The van der Waals surface area contributed by atoms with Crippen LogP contribution in [0, 0.1) is 0 Å². The molecule has 0 radical (unpaired) electrons. The van der Waals surface area contributed by atoms with Gasteiger partial charge in [-0.15, -0.1) is 0 Å². The second-order valence-electron chi connectivity index (χ2n) is 4.83. The van der Waals surface area contributed by atoms with E-state index in [-0.39, 0.29) is 6.04 Å².